The Morgan fingerprint density at radius 1 is 0.966 bits per heavy atom. The molecule has 0 bridgehead atoms. The molecule has 0 radical (unpaired) electrons. The lowest BCUT2D eigenvalue weighted by Gasteiger charge is -2.18. The summed E-state index contributed by atoms with van der Waals surface area (Å²) < 4.78 is 14.5. The number of carbonyl (C=O) groups excluding carboxylic acids is 1. The van der Waals surface area contributed by atoms with Crippen LogP contribution in [0.15, 0.2) is 84.9 Å². The fourth-order valence-corrected chi connectivity index (χ4v) is 3.50. The van der Waals surface area contributed by atoms with Crippen LogP contribution < -0.4 is 5.32 Å². The Kier molecular flexibility index (Phi) is 5.34. The van der Waals surface area contributed by atoms with Crippen molar-refractivity contribution in [1.82, 2.24) is 10.3 Å². The van der Waals surface area contributed by atoms with Crippen LogP contribution in [0.1, 0.15) is 35.3 Å². The van der Waals surface area contributed by atoms with Crippen LogP contribution in [-0.4, -0.2) is 10.9 Å². The monoisotopic (exact) mass is 384 g/mol. The highest BCUT2D eigenvalue weighted by Crippen LogP contribution is 2.27. The molecule has 1 atom stereocenters. The van der Waals surface area contributed by atoms with E-state index in [2.05, 4.69) is 10.3 Å². The van der Waals surface area contributed by atoms with E-state index in [-0.39, 0.29) is 17.5 Å². The van der Waals surface area contributed by atoms with Crippen molar-refractivity contribution in [2.45, 2.75) is 19.4 Å². The van der Waals surface area contributed by atoms with Gasteiger partial charge in [-0.15, -0.1) is 0 Å². The van der Waals surface area contributed by atoms with Crippen LogP contribution in [0.25, 0.3) is 22.2 Å². The molecule has 3 nitrogen and oxygen atoms in total. The number of fused-ring (bicyclic) bond motifs is 1. The molecule has 1 aromatic heterocycles. The third kappa shape index (κ3) is 3.87. The molecular formula is C25H21FN2O. The molecule has 4 aromatic rings. The molecule has 1 amide bonds. The van der Waals surface area contributed by atoms with E-state index in [0.29, 0.717) is 16.6 Å². The highest BCUT2D eigenvalue weighted by atomic mass is 19.1. The van der Waals surface area contributed by atoms with Crippen LogP contribution in [0, 0.1) is 5.82 Å². The fraction of sp³-hybridized carbons (Fsp3) is 0.120. The maximum absolute atomic E-state index is 14.5. The predicted octanol–water partition coefficient (Wildman–Crippen LogP) is 5.92. The molecule has 3 aromatic carbocycles. The van der Waals surface area contributed by atoms with E-state index in [1.807, 2.05) is 67.6 Å². The quantitative estimate of drug-likeness (QED) is 0.464. The summed E-state index contributed by atoms with van der Waals surface area (Å²) in [6.07, 6.45) is 0.749. The molecule has 0 aliphatic rings. The molecule has 0 fully saturated rings. The number of pyridine rings is 1. The number of para-hydroxylation sites is 1. The van der Waals surface area contributed by atoms with Crippen molar-refractivity contribution < 1.29 is 9.18 Å². The summed E-state index contributed by atoms with van der Waals surface area (Å²) in [5.41, 5.74) is 3.06. The summed E-state index contributed by atoms with van der Waals surface area (Å²) in [7, 11) is 0. The minimum atomic E-state index is -0.440. The summed E-state index contributed by atoms with van der Waals surface area (Å²) in [6, 6.07) is 25.7. The van der Waals surface area contributed by atoms with E-state index in [1.54, 1.807) is 18.2 Å². The number of nitrogens with one attached hydrogen (secondary N) is 1. The van der Waals surface area contributed by atoms with Gasteiger partial charge in [-0.05, 0) is 24.1 Å². The van der Waals surface area contributed by atoms with Gasteiger partial charge in [-0.2, -0.15) is 0 Å². The number of hydrogen-bond donors (Lipinski definition) is 1. The van der Waals surface area contributed by atoms with Crippen molar-refractivity contribution in [3.05, 3.63) is 102 Å². The van der Waals surface area contributed by atoms with Crippen LogP contribution in [0.5, 0.6) is 0 Å². The van der Waals surface area contributed by atoms with E-state index in [0.717, 1.165) is 17.5 Å². The topological polar surface area (TPSA) is 42.0 Å². The van der Waals surface area contributed by atoms with Crippen LogP contribution >= 0.6 is 0 Å². The SMILES string of the molecule is CC[C@H](NC(=O)c1cc(-c2ccccc2)nc2c(F)cccc12)c1ccccc1. The Morgan fingerprint density at radius 2 is 1.66 bits per heavy atom. The van der Waals surface area contributed by atoms with Crippen molar-refractivity contribution in [1.29, 1.82) is 0 Å². The average Bonchev–Trinajstić information content (AvgIpc) is 2.78. The zero-order valence-electron chi connectivity index (χ0n) is 16.1. The molecule has 0 saturated carbocycles. The second-order valence-corrected chi connectivity index (χ2v) is 6.90. The Balaban J connectivity index is 1.79. The third-order valence-corrected chi connectivity index (χ3v) is 5.02. The van der Waals surface area contributed by atoms with Crippen LogP contribution in [-0.2, 0) is 0 Å². The fourth-order valence-electron chi connectivity index (χ4n) is 3.50. The van der Waals surface area contributed by atoms with Gasteiger partial charge in [0.25, 0.3) is 5.91 Å². The molecule has 0 aliphatic heterocycles. The average molecular weight is 384 g/mol. The number of halogens is 1. The normalized spacial score (nSPS) is 11.9. The molecule has 4 heteroatoms. The second-order valence-electron chi connectivity index (χ2n) is 6.90. The van der Waals surface area contributed by atoms with Crippen molar-refractivity contribution in [2.24, 2.45) is 0 Å². The summed E-state index contributed by atoms with van der Waals surface area (Å²) in [5, 5.41) is 3.61. The number of amides is 1. The summed E-state index contributed by atoms with van der Waals surface area (Å²) in [5.74, 6) is -0.680. The number of aromatic nitrogens is 1. The number of carbonyl (C=O) groups is 1. The lowest BCUT2D eigenvalue weighted by molar-refractivity contribution is 0.0937. The van der Waals surface area contributed by atoms with Crippen molar-refractivity contribution in [3.8, 4) is 11.3 Å². The van der Waals surface area contributed by atoms with Gasteiger partial charge < -0.3 is 5.32 Å². The Morgan fingerprint density at radius 3 is 2.34 bits per heavy atom. The maximum Gasteiger partial charge on any atom is 0.252 e. The van der Waals surface area contributed by atoms with Gasteiger partial charge in [0.1, 0.15) is 11.3 Å². The molecule has 29 heavy (non-hydrogen) atoms. The molecule has 4 rings (SSSR count). The number of nitrogens with zero attached hydrogens (tertiary/aromatic N) is 1. The van der Waals surface area contributed by atoms with E-state index < -0.39 is 5.82 Å². The minimum absolute atomic E-state index is 0.124. The first-order chi connectivity index (χ1) is 14.2. The van der Waals surface area contributed by atoms with Crippen molar-refractivity contribution in [3.63, 3.8) is 0 Å². The highest BCUT2D eigenvalue weighted by molar-refractivity contribution is 6.07. The van der Waals surface area contributed by atoms with Gasteiger partial charge in [0.2, 0.25) is 0 Å². The van der Waals surface area contributed by atoms with Crippen molar-refractivity contribution in [2.75, 3.05) is 0 Å². The first-order valence-electron chi connectivity index (χ1n) is 9.68. The van der Waals surface area contributed by atoms with Gasteiger partial charge >= 0.3 is 0 Å². The van der Waals surface area contributed by atoms with Gasteiger partial charge in [0.05, 0.1) is 17.3 Å². The number of benzene rings is 3. The Labute approximate surface area is 169 Å². The van der Waals surface area contributed by atoms with Gasteiger partial charge in [-0.1, -0.05) is 79.7 Å². The van der Waals surface area contributed by atoms with E-state index >= 15 is 0 Å². The van der Waals surface area contributed by atoms with Gasteiger partial charge in [-0.25, -0.2) is 9.37 Å². The summed E-state index contributed by atoms with van der Waals surface area (Å²) in [4.78, 5) is 17.7. The van der Waals surface area contributed by atoms with Crippen LogP contribution in [0.3, 0.4) is 0 Å². The maximum atomic E-state index is 14.5. The molecule has 0 saturated heterocycles. The van der Waals surface area contributed by atoms with E-state index in [1.165, 1.54) is 6.07 Å². The van der Waals surface area contributed by atoms with E-state index in [9.17, 15) is 9.18 Å². The summed E-state index contributed by atoms with van der Waals surface area (Å²) in [6.45, 7) is 2.03. The molecule has 0 spiro atoms. The first kappa shape index (κ1) is 18.8. The number of rotatable bonds is 5. The van der Waals surface area contributed by atoms with Crippen LogP contribution in [0.2, 0.25) is 0 Å². The molecule has 0 unspecified atom stereocenters. The van der Waals surface area contributed by atoms with Gasteiger partial charge in [0, 0.05) is 10.9 Å². The zero-order valence-corrected chi connectivity index (χ0v) is 16.1. The molecular weight excluding hydrogens is 363 g/mol. The largest absolute Gasteiger partial charge is 0.345 e. The zero-order chi connectivity index (χ0) is 20.2. The molecule has 0 aliphatic carbocycles. The molecule has 144 valence electrons. The Bertz CT molecular complexity index is 1140. The van der Waals surface area contributed by atoms with Crippen molar-refractivity contribution >= 4 is 16.8 Å². The lowest BCUT2D eigenvalue weighted by Crippen LogP contribution is -2.28. The van der Waals surface area contributed by atoms with E-state index in [4.69, 9.17) is 0 Å². The molecule has 1 N–H and O–H groups in total. The number of hydrogen-bond acceptors (Lipinski definition) is 2. The summed E-state index contributed by atoms with van der Waals surface area (Å²) >= 11 is 0. The second kappa shape index (κ2) is 8.23. The first-order valence-corrected chi connectivity index (χ1v) is 9.68. The van der Waals surface area contributed by atoms with Gasteiger partial charge in [0.15, 0.2) is 0 Å². The highest BCUT2D eigenvalue weighted by Gasteiger charge is 2.19. The Hall–Kier alpha value is -3.53. The lowest BCUT2D eigenvalue weighted by atomic mass is 10.0. The van der Waals surface area contributed by atoms with Crippen LogP contribution in [0.4, 0.5) is 4.39 Å². The smallest absolute Gasteiger partial charge is 0.252 e. The van der Waals surface area contributed by atoms with Gasteiger partial charge in [-0.3, -0.25) is 4.79 Å². The minimum Gasteiger partial charge on any atom is -0.345 e. The standard InChI is InChI=1S/C25H21FN2O/c1-2-22(17-10-5-3-6-11-17)28-25(29)20-16-23(18-12-7-4-8-13-18)27-24-19(20)14-9-15-21(24)26/h3-16,22H,2H2,1H3,(H,28,29)/t22-/m0/s1. The molecule has 1 heterocycles. The third-order valence-electron chi connectivity index (χ3n) is 5.02. The predicted molar refractivity (Wildman–Crippen MR) is 114 cm³/mol.